The van der Waals surface area contributed by atoms with Crippen molar-refractivity contribution in [1.29, 1.82) is 0 Å². The molecule has 0 heterocycles. The molecule has 0 fully saturated rings. The molecule has 0 atom stereocenters. The van der Waals surface area contributed by atoms with Crippen molar-refractivity contribution in [2.45, 2.75) is 16.7 Å². The summed E-state index contributed by atoms with van der Waals surface area (Å²) in [6, 6.07) is 4.88. The van der Waals surface area contributed by atoms with E-state index in [1.54, 1.807) is 19.1 Å². The van der Waals surface area contributed by atoms with Gasteiger partial charge in [-0.1, -0.05) is 6.07 Å². The summed E-state index contributed by atoms with van der Waals surface area (Å²) in [4.78, 5) is 0.453. The molecule has 0 radical (unpaired) electrons. The van der Waals surface area contributed by atoms with Gasteiger partial charge in [-0.05, 0) is 24.6 Å². The number of aryl methyl sites for hydroxylation is 1. The molecule has 1 aromatic rings. The van der Waals surface area contributed by atoms with Gasteiger partial charge in [0.2, 0.25) is 10.0 Å². The molecule has 12 heavy (non-hydrogen) atoms. The van der Waals surface area contributed by atoms with Gasteiger partial charge in [0, 0.05) is 4.90 Å². The first-order chi connectivity index (χ1) is 5.41. The van der Waals surface area contributed by atoms with Gasteiger partial charge >= 0.3 is 0 Å². The molecule has 2 N–H and O–H groups in total. The predicted molar refractivity (Wildman–Crippen MR) is 49.8 cm³/mol. The molecule has 0 spiro atoms. The SMILES string of the molecule is Cc1ccc(S)c(S(N)(=O)=O)c1. The molecule has 0 aliphatic rings. The van der Waals surface area contributed by atoms with E-state index in [1.807, 2.05) is 0 Å². The van der Waals surface area contributed by atoms with Crippen LogP contribution < -0.4 is 5.14 Å². The molecule has 66 valence electrons. The highest BCUT2D eigenvalue weighted by atomic mass is 32.2. The molecule has 0 saturated heterocycles. The molecular formula is C7H9NO2S2. The third-order valence-electron chi connectivity index (χ3n) is 1.42. The zero-order valence-electron chi connectivity index (χ0n) is 6.48. The van der Waals surface area contributed by atoms with Crippen molar-refractivity contribution >= 4 is 22.7 Å². The Labute approximate surface area is 77.1 Å². The van der Waals surface area contributed by atoms with Gasteiger partial charge in [-0.15, -0.1) is 12.6 Å². The lowest BCUT2D eigenvalue weighted by Gasteiger charge is -2.02. The van der Waals surface area contributed by atoms with E-state index in [0.717, 1.165) is 5.56 Å². The van der Waals surface area contributed by atoms with Crippen LogP contribution in [0.5, 0.6) is 0 Å². The van der Waals surface area contributed by atoms with Crippen molar-refractivity contribution in [3.63, 3.8) is 0 Å². The van der Waals surface area contributed by atoms with Crippen LogP contribution in [0.3, 0.4) is 0 Å². The second kappa shape index (κ2) is 3.08. The minimum Gasteiger partial charge on any atom is -0.225 e. The normalized spacial score (nSPS) is 11.6. The number of hydrogen-bond donors (Lipinski definition) is 2. The fraction of sp³-hybridized carbons (Fsp3) is 0.143. The van der Waals surface area contributed by atoms with Gasteiger partial charge in [-0.2, -0.15) is 0 Å². The maximum absolute atomic E-state index is 10.9. The van der Waals surface area contributed by atoms with Gasteiger partial charge in [-0.3, -0.25) is 0 Å². The third kappa shape index (κ3) is 2.00. The molecule has 1 aromatic carbocycles. The molecular weight excluding hydrogens is 194 g/mol. The Morgan fingerprint density at radius 3 is 2.42 bits per heavy atom. The quantitative estimate of drug-likeness (QED) is 0.667. The average Bonchev–Trinajstić information content (AvgIpc) is 1.92. The fourth-order valence-corrected chi connectivity index (χ4v) is 2.08. The first-order valence-electron chi connectivity index (χ1n) is 3.23. The van der Waals surface area contributed by atoms with Gasteiger partial charge in [0.05, 0.1) is 4.90 Å². The summed E-state index contributed by atoms with van der Waals surface area (Å²) in [5.74, 6) is 0. The highest BCUT2D eigenvalue weighted by Crippen LogP contribution is 2.18. The third-order valence-corrected chi connectivity index (χ3v) is 2.91. The van der Waals surface area contributed by atoms with E-state index >= 15 is 0 Å². The lowest BCUT2D eigenvalue weighted by molar-refractivity contribution is 0.595. The van der Waals surface area contributed by atoms with Crippen molar-refractivity contribution in [2.75, 3.05) is 0 Å². The molecule has 1 rings (SSSR count). The van der Waals surface area contributed by atoms with Crippen LogP contribution in [0.4, 0.5) is 0 Å². The van der Waals surface area contributed by atoms with Gasteiger partial charge in [0.25, 0.3) is 0 Å². The zero-order chi connectivity index (χ0) is 9.35. The van der Waals surface area contributed by atoms with Crippen LogP contribution in [0.25, 0.3) is 0 Å². The van der Waals surface area contributed by atoms with E-state index in [0.29, 0.717) is 4.90 Å². The molecule has 0 amide bonds. The molecule has 5 heteroatoms. The van der Waals surface area contributed by atoms with E-state index in [4.69, 9.17) is 5.14 Å². The van der Waals surface area contributed by atoms with Crippen LogP contribution >= 0.6 is 12.6 Å². The van der Waals surface area contributed by atoms with Gasteiger partial charge in [0.1, 0.15) is 0 Å². The molecule has 0 aliphatic heterocycles. The Kier molecular flexibility index (Phi) is 2.46. The molecule has 0 aliphatic carbocycles. The molecule has 0 bridgehead atoms. The number of thiol groups is 1. The number of nitrogens with two attached hydrogens (primary N) is 1. The highest BCUT2D eigenvalue weighted by Gasteiger charge is 2.11. The monoisotopic (exact) mass is 203 g/mol. The standard InChI is InChI=1S/C7H9NO2S2/c1-5-2-3-6(11)7(4-5)12(8,9)10/h2-4,11H,1H3,(H2,8,9,10). The topological polar surface area (TPSA) is 60.2 Å². The summed E-state index contributed by atoms with van der Waals surface area (Å²) in [6.45, 7) is 1.79. The van der Waals surface area contributed by atoms with E-state index < -0.39 is 10.0 Å². The summed E-state index contributed by atoms with van der Waals surface area (Å²) < 4.78 is 21.9. The van der Waals surface area contributed by atoms with Gasteiger partial charge < -0.3 is 0 Å². The summed E-state index contributed by atoms with van der Waals surface area (Å²) in [5.41, 5.74) is 0.844. The molecule has 0 unspecified atom stereocenters. The van der Waals surface area contributed by atoms with E-state index in [2.05, 4.69) is 12.6 Å². The van der Waals surface area contributed by atoms with E-state index in [9.17, 15) is 8.42 Å². The summed E-state index contributed by atoms with van der Waals surface area (Å²) >= 11 is 3.98. The Balaban J connectivity index is 3.43. The van der Waals surface area contributed by atoms with Crippen LogP contribution in [0.2, 0.25) is 0 Å². The molecule has 3 nitrogen and oxygen atoms in total. The number of hydrogen-bond acceptors (Lipinski definition) is 3. The van der Waals surface area contributed by atoms with Gasteiger partial charge in [0.15, 0.2) is 0 Å². The first kappa shape index (κ1) is 9.57. The molecule has 0 saturated carbocycles. The number of sulfonamides is 1. The molecule has 0 aromatic heterocycles. The summed E-state index contributed by atoms with van der Waals surface area (Å²) in [6.07, 6.45) is 0. The lowest BCUT2D eigenvalue weighted by atomic mass is 10.2. The second-order valence-electron chi connectivity index (χ2n) is 2.52. The number of primary sulfonamides is 1. The Morgan fingerprint density at radius 1 is 1.42 bits per heavy atom. The van der Waals surface area contributed by atoms with Crippen molar-refractivity contribution in [3.05, 3.63) is 23.8 Å². The summed E-state index contributed by atoms with van der Waals surface area (Å²) in [7, 11) is -3.63. The maximum atomic E-state index is 10.9. The average molecular weight is 203 g/mol. The van der Waals surface area contributed by atoms with Crippen LogP contribution in [0, 0.1) is 6.92 Å². The number of benzene rings is 1. The fourth-order valence-electron chi connectivity index (χ4n) is 0.849. The van der Waals surface area contributed by atoms with E-state index in [1.165, 1.54) is 6.07 Å². The largest absolute Gasteiger partial charge is 0.239 e. The van der Waals surface area contributed by atoms with Crippen LogP contribution in [0.1, 0.15) is 5.56 Å². The minimum absolute atomic E-state index is 0.0748. The smallest absolute Gasteiger partial charge is 0.225 e. The van der Waals surface area contributed by atoms with Gasteiger partial charge in [-0.25, -0.2) is 13.6 Å². The highest BCUT2D eigenvalue weighted by molar-refractivity contribution is 7.90. The van der Waals surface area contributed by atoms with Crippen LogP contribution in [-0.2, 0) is 10.0 Å². The van der Waals surface area contributed by atoms with Crippen molar-refractivity contribution < 1.29 is 8.42 Å². The summed E-state index contributed by atoms with van der Waals surface area (Å²) in [5, 5.41) is 4.95. The Hall–Kier alpha value is -0.520. The maximum Gasteiger partial charge on any atom is 0.239 e. The van der Waals surface area contributed by atoms with Crippen LogP contribution in [0.15, 0.2) is 28.0 Å². The lowest BCUT2D eigenvalue weighted by Crippen LogP contribution is -2.13. The Morgan fingerprint density at radius 2 is 2.00 bits per heavy atom. The minimum atomic E-state index is -3.63. The van der Waals surface area contributed by atoms with Crippen molar-refractivity contribution in [2.24, 2.45) is 5.14 Å². The second-order valence-corrected chi connectivity index (χ2v) is 4.53. The van der Waals surface area contributed by atoms with Crippen molar-refractivity contribution in [3.8, 4) is 0 Å². The zero-order valence-corrected chi connectivity index (χ0v) is 8.19. The van der Waals surface area contributed by atoms with Crippen molar-refractivity contribution in [1.82, 2.24) is 0 Å². The van der Waals surface area contributed by atoms with Crippen LogP contribution in [-0.4, -0.2) is 8.42 Å². The number of rotatable bonds is 1. The first-order valence-corrected chi connectivity index (χ1v) is 5.23. The van der Waals surface area contributed by atoms with E-state index in [-0.39, 0.29) is 4.90 Å². The predicted octanol–water partition coefficient (Wildman–Crippen LogP) is 0.931. The Bertz CT molecular complexity index is 398.